The molecule has 0 aliphatic heterocycles. The standard InChI is InChI=1S/C18H16N4O/c1-22-16-3-2-13(23-10-18(19)20)8-15(16)14-6-11-4-5-21-9-12(11)7-17(14)22/h2-9H,10H2,1H3,(H3,19,20). The van der Waals surface area contributed by atoms with Crippen LogP contribution < -0.4 is 10.5 Å². The van der Waals surface area contributed by atoms with Gasteiger partial charge in [-0.2, -0.15) is 0 Å². The summed E-state index contributed by atoms with van der Waals surface area (Å²) >= 11 is 0. The summed E-state index contributed by atoms with van der Waals surface area (Å²) < 4.78 is 7.72. The fourth-order valence-electron chi connectivity index (χ4n) is 3.02. The van der Waals surface area contributed by atoms with Gasteiger partial charge in [0.05, 0.1) is 0 Å². The molecule has 0 aliphatic carbocycles. The van der Waals surface area contributed by atoms with E-state index in [0.717, 1.165) is 32.9 Å². The number of rotatable bonds is 3. The zero-order valence-electron chi connectivity index (χ0n) is 12.7. The van der Waals surface area contributed by atoms with Crippen molar-refractivity contribution in [1.29, 1.82) is 5.41 Å². The zero-order valence-corrected chi connectivity index (χ0v) is 12.7. The third-order valence-electron chi connectivity index (χ3n) is 4.13. The van der Waals surface area contributed by atoms with Crippen LogP contribution in [0.25, 0.3) is 32.6 Å². The Kier molecular flexibility index (Phi) is 2.94. The van der Waals surface area contributed by atoms with E-state index in [0.29, 0.717) is 0 Å². The summed E-state index contributed by atoms with van der Waals surface area (Å²) in [6.45, 7) is 0.102. The van der Waals surface area contributed by atoms with Crippen LogP contribution in [0.1, 0.15) is 0 Å². The average Bonchev–Trinajstić information content (AvgIpc) is 2.83. The van der Waals surface area contributed by atoms with Crippen LogP contribution in [0.3, 0.4) is 0 Å². The first-order valence-electron chi connectivity index (χ1n) is 7.35. The van der Waals surface area contributed by atoms with Crippen molar-refractivity contribution >= 4 is 38.4 Å². The number of aromatic nitrogens is 2. The summed E-state index contributed by atoms with van der Waals surface area (Å²) in [5.74, 6) is 0.733. The highest BCUT2D eigenvalue weighted by molar-refractivity contribution is 6.12. The molecule has 0 unspecified atom stereocenters. The normalized spacial score (nSPS) is 11.3. The number of pyridine rings is 1. The molecule has 0 saturated carbocycles. The fraction of sp³-hybridized carbons (Fsp3) is 0.111. The lowest BCUT2D eigenvalue weighted by Gasteiger charge is -2.05. The number of benzene rings is 2. The number of amidine groups is 1. The smallest absolute Gasteiger partial charge is 0.145 e. The van der Waals surface area contributed by atoms with Gasteiger partial charge in [0, 0.05) is 46.6 Å². The zero-order chi connectivity index (χ0) is 16.0. The van der Waals surface area contributed by atoms with Gasteiger partial charge in [-0.25, -0.2) is 0 Å². The molecule has 2 aromatic heterocycles. The van der Waals surface area contributed by atoms with E-state index in [4.69, 9.17) is 15.9 Å². The summed E-state index contributed by atoms with van der Waals surface area (Å²) in [5, 5.41) is 11.9. The van der Waals surface area contributed by atoms with E-state index in [1.54, 1.807) is 6.20 Å². The third-order valence-corrected chi connectivity index (χ3v) is 4.13. The highest BCUT2D eigenvalue weighted by Gasteiger charge is 2.10. The van der Waals surface area contributed by atoms with Crippen LogP contribution in [-0.4, -0.2) is 22.0 Å². The summed E-state index contributed by atoms with van der Waals surface area (Å²) in [5.41, 5.74) is 7.65. The molecule has 4 aromatic rings. The maximum Gasteiger partial charge on any atom is 0.145 e. The molecule has 114 valence electrons. The van der Waals surface area contributed by atoms with E-state index in [-0.39, 0.29) is 12.4 Å². The molecular formula is C18H16N4O. The maximum atomic E-state index is 7.27. The van der Waals surface area contributed by atoms with E-state index in [2.05, 4.69) is 28.7 Å². The Labute approximate surface area is 132 Å². The molecule has 0 aliphatic rings. The maximum absolute atomic E-state index is 7.27. The Balaban J connectivity index is 1.98. The van der Waals surface area contributed by atoms with Crippen molar-refractivity contribution in [2.24, 2.45) is 12.8 Å². The Morgan fingerprint density at radius 2 is 1.96 bits per heavy atom. The molecular weight excluding hydrogens is 288 g/mol. The fourth-order valence-corrected chi connectivity index (χ4v) is 3.02. The van der Waals surface area contributed by atoms with Crippen molar-refractivity contribution in [3.63, 3.8) is 0 Å². The van der Waals surface area contributed by atoms with E-state index in [1.807, 2.05) is 30.5 Å². The highest BCUT2D eigenvalue weighted by atomic mass is 16.5. The number of nitrogens with zero attached hydrogens (tertiary/aromatic N) is 2. The molecule has 5 heteroatoms. The van der Waals surface area contributed by atoms with E-state index >= 15 is 0 Å². The van der Waals surface area contributed by atoms with Crippen LogP contribution in [0.15, 0.2) is 48.8 Å². The first-order valence-corrected chi connectivity index (χ1v) is 7.35. The molecule has 23 heavy (non-hydrogen) atoms. The minimum Gasteiger partial charge on any atom is -0.486 e. The molecule has 3 N–H and O–H groups in total. The Morgan fingerprint density at radius 3 is 2.78 bits per heavy atom. The van der Waals surface area contributed by atoms with Crippen LogP contribution >= 0.6 is 0 Å². The SMILES string of the molecule is Cn1c2ccc(OCC(=N)N)cc2c2cc3ccncc3cc21. The van der Waals surface area contributed by atoms with Gasteiger partial charge in [-0.1, -0.05) is 0 Å². The van der Waals surface area contributed by atoms with Crippen LogP contribution in [0, 0.1) is 5.41 Å². The van der Waals surface area contributed by atoms with Gasteiger partial charge in [-0.3, -0.25) is 10.4 Å². The van der Waals surface area contributed by atoms with Crippen molar-refractivity contribution in [1.82, 2.24) is 9.55 Å². The summed E-state index contributed by atoms with van der Waals surface area (Å²) in [4.78, 5) is 4.20. The molecule has 0 atom stereocenters. The van der Waals surface area contributed by atoms with Crippen molar-refractivity contribution in [3.05, 3.63) is 48.8 Å². The number of nitrogens with two attached hydrogens (primary N) is 1. The monoisotopic (exact) mass is 304 g/mol. The topological polar surface area (TPSA) is 76.9 Å². The van der Waals surface area contributed by atoms with Gasteiger partial charge in [-0.05, 0) is 41.8 Å². The molecule has 0 radical (unpaired) electrons. The quantitative estimate of drug-likeness (QED) is 0.451. The van der Waals surface area contributed by atoms with E-state index in [1.165, 1.54) is 5.39 Å². The largest absolute Gasteiger partial charge is 0.486 e. The molecule has 4 rings (SSSR count). The lowest BCUT2D eigenvalue weighted by atomic mass is 10.1. The second-order valence-corrected chi connectivity index (χ2v) is 5.64. The minimum absolute atomic E-state index is 0.0153. The van der Waals surface area contributed by atoms with Gasteiger partial charge in [0.25, 0.3) is 0 Å². The molecule has 2 aromatic carbocycles. The first-order chi connectivity index (χ1) is 11.1. The summed E-state index contributed by atoms with van der Waals surface area (Å²) in [6.07, 6.45) is 3.69. The predicted octanol–water partition coefficient (Wildman–Crippen LogP) is 3.19. The second kappa shape index (κ2) is 4.98. The number of hydrogen-bond acceptors (Lipinski definition) is 3. The lowest BCUT2D eigenvalue weighted by Crippen LogP contribution is -2.19. The number of aryl methyl sites for hydroxylation is 1. The van der Waals surface area contributed by atoms with Gasteiger partial charge < -0.3 is 15.0 Å². The van der Waals surface area contributed by atoms with Gasteiger partial charge in [-0.15, -0.1) is 0 Å². The lowest BCUT2D eigenvalue weighted by molar-refractivity contribution is 0.375. The van der Waals surface area contributed by atoms with Crippen LogP contribution in [0.2, 0.25) is 0 Å². The number of hydrogen-bond donors (Lipinski definition) is 2. The molecule has 0 fully saturated rings. The van der Waals surface area contributed by atoms with Crippen LogP contribution in [-0.2, 0) is 7.05 Å². The first kappa shape index (κ1) is 13.6. The van der Waals surface area contributed by atoms with E-state index in [9.17, 15) is 0 Å². The Morgan fingerprint density at radius 1 is 1.13 bits per heavy atom. The van der Waals surface area contributed by atoms with Crippen molar-refractivity contribution in [2.75, 3.05) is 6.61 Å². The Bertz CT molecular complexity index is 1060. The van der Waals surface area contributed by atoms with Crippen LogP contribution in [0.4, 0.5) is 0 Å². The molecule has 0 bridgehead atoms. The summed E-state index contributed by atoms with van der Waals surface area (Å²) in [6, 6.07) is 12.3. The van der Waals surface area contributed by atoms with Crippen molar-refractivity contribution in [2.45, 2.75) is 0 Å². The number of fused-ring (bicyclic) bond motifs is 4. The molecule has 0 spiro atoms. The molecule has 0 saturated heterocycles. The highest BCUT2D eigenvalue weighted by Crippen LogP contribution is 2.33. The van der Waals surface area contributed by atoms with E-state index < -0.39 is 0 Å². The van der Waals surface area contributed by atoms with Gasteiger partial charge in [0.15, 0.2) is 0 Å². The van der Waals surface area contributed by atoms with Crippen molar-refractivity contribution in [3.8, 4) is 5.75 Å². The van der Waals surface area contributed by atoms with Gasteiger partial charge in [0.1, 0.15) is 18.2 Å². The van der Waals surface area contributed by atoms with Gasteiger partial charge in [0.2, 0.25) is 0 Å². The molecule has 5 nitrogen and oxygen atoms in total. The Hall–Kier alpha value is -3.08. The number of nitrogens with one attached hydrogen (secondary N) is 1. The van der Waals surface area contributed by atoms with Crippen LogP contribution in [0.5, 0.6) is 5.75 Å². The molecule has 0 amide bonds. The minimum atomic E-state index is 0.0153. The predicted molar refractivity (Wildman–Crippen MR) is 93.1 cm³/mol. The van der Waals surface area contributed by atoms with Crippen molar-refractivity contribution < 1.29 is 4.74 Å². The van der Waals surface area contributed by atoms with Gasteiger partial charge >= 0.3 is 0 Å². The third kappa shape index (κ3) is 2.17. The second-order valence-electron chi connectivity index (χ2n) is 5.64. The number of ether oxygens (including phenoxy) is 1. The molecule has 2 heterocycles. The summed E-state index contributed by atoms with van der Waals surface area (Å²) in [7, 11) is 2.06. The average molecular weight is 304 g/mol.